The first kappa shape index (κ1) is 15.9. The summed E-state index contributed by atoms with van der Waals surface area (Å²) in [6.45, 7) is 0. The molecule has 0 spiro atoms. The molecule has 0 bridgehead atoms. The van der Waals surface area contributed by atoms with Gasteiger partial charge in [0.15, 0.2) is 0 Å². The fourth-order valence-electron chi connectivity index (χ4n) is 2.52. The molecule has 3 aromatic rings. The van der Waals surface area contributed by atoms with Gasteiger partial charge in [0, 0.05) is 24.1 Å². The SMILES string of the molecule is COc1ccc(Cc2nc3cc(OC)ccc3nc2N)c(OC)c1. The van der Waals surface area contributed by atoms with Gasteiger partial charge in [-0.1, -0.05) is 6.07 Å². The van der Waals surface area contributed by atoms with Crippen molar-refractivity contribution in [2.24, 2.45) is 0 Å². The van der Waals surface area contributed by atoms with Crippen LogP contribution in [0.1, 0.15) is 11.3 Å². The molecule has 3 rings (SSSR count). The average molecular weight is 325 g/mol. The first-order valence-electron chi connectivity index (χ1n) is 7.45. The largest absolute Gasteiger partial charge is 0.497 e. The Bertz CT molecular complexity index is 881. The molecule has 0 saturated carbocycles. The normalized spacial score (nSPS) is 10.6. The van der Waals surface area contributed by atoms with Crippen molar-refractivity contribution >= 4 is 16.9 Å². The van der Waals surface area contributed by atoms with Crippen LogP contribution in [-0.4, -0.2) is 31.3 Å². The number of nitrogens with zero attached hydrogens (tertiary/aromatic N) is 2. The number of methoxy groups -OCH3 is 3. The monoisotopic (exact) mass is 325 g/mol. The van der Waals surface area contributed by atoms with Crippen molar-refractivity contribution in [3.05, 3.63) is 47.7 Å². The maximum atomic E-state index is 6.08. The molecule has 0 saturated heterocycles. The lowest BCUT2D eigenvalue weighted by Crippen LogP contribution is -2.04. The molecule has 0 fully saturated rings. The molecule has 0 aliphatic carbocycles. The highest BCUT2D eigenvalue weighted by molar-refractivity contribution is 5.78. The van der Waals surface area contributed by atoms with Gasteiger partial charge < -0.3 is 19.9 Å². The molecule has 6 nitrogen and oxygen atoms in total. The fraction of sp³-hybridized carbons (Fsp3) is 0.222. The molecule has 6 heteroatoms. The Balaban J connectivity index is 2.01. The number of hydrogen-bond donors (Lipinski definition) is 1. The number of benzene rings is 2. The molecular weight excluding hydrogens is 306 g/mol. The highest BCUT2D eigenvalue weighted by Crippen LogP contribution is 2.28. The first-order valence-corrected chi connectivity index (χ1v) is 7.45. The number of anilines is 1. The predicted molar refractivity (Wildman–Crippen MR) is 92.9 cm³/mol. The van der Waals surface area contributed by atoms with Gasteiger partial charge in [-0.15, -0.1) is 0 Å². The molecule has 0 unspecified atom stereocenters. The van der Waals surface area contributed by atoms with Gasteiger partial charge in [-0.05, 0) is 18.2 Å². The van der Waals surface area contributed by atoms with Gasteiger partial charge in [0.2, 0.25) is 0 Å². The van der Waals surface area contributed by atoms with Crippen LogP contribution in [-0.2, 0) is 6.42 Å². The lowest BCUT2D eigenvalue weighted by molar-refractivity contribution is 0.391. The average Bonchev–Trinajstić information content (AvgIpc) is 2.62. The topological polar surface area (TPSA) is 79.5 Å². The van der Waals surface area contributed by atoms with Gasteiger partial charge in [0.1, 0.15) is 23.1 Å². The Morgan fingerprint density at radius 2 is 1.54 bits per heavy atom. The van der Waals surface area contributed by atoms with Gasteiger partial charge in [-0.3, -0.25) is 0 Å². The third-order valence-electron chi connectivity index (χ3n) is 3.83. The fourth-order valence-corrected chi connectivity index (χ4v) is 2.52. The maximum Gasteiger partial charge on any atom is 0.146 e. The highest BCUT2D eigenvalue weighted by atomic mass is 16.5. The molecule has 0 amide bonds. The van der Waals surface area contributed by atoms with Crippen LogP contribution in [0.2, 0.25) is 0 Å². The summed E-state index contributed by atoms with van der Waals surface area (Å²) in [7, 11) is 4.86. The number of ether oxygens (including phenoxy) is 3. The summed E-state index contributed by atoms with van der Waals surface area (Å²) >= 11 is 0. The Kier molecular flexibility index (Phi) is 4.37. The Morgan fingerprint density at radius 1 is 0.833 bits per heavy atom. The molecule has 0 aliphatic rings. The van der Waals surface area contributed by atoms with Crippen molar-refractivity contribution in [3.63, 3.8) is 0 Å². The summed E-state index contributed by atoms with van der Waals surface area (Å²) in [6, 6.07) is 11.2. The van der Waals surface area contributed by atoms with E-state index >= 15 is 0 Å². The van der Waals surface area contributed by atoms with Gasteiger partial charge in [0.25, 0.3) is 0 Å². The Labute approximate surface area is 140 Å². The van der Waals surface area contributed by atoms with Crippen molar-refractivity contribution in [1.82, 2.24) is 9.97 Å². The number of nitrogen functional groups attached to an aromatic ring is 1. The van der Waals surface area contributed by atoms with E-state index in [4.69, 9.17) is 19.9 Å². The minimum atomic E-state index is 0.408. The number of rotatable bonds is 5. The first-order chi connectivity index (χ1) is 11.6. The van der Waals surface area contributed by atoms with E-state index in [2.05, 4.69) is 9.97 Å². The van der Waals surface area contributed by atoms with E-state index in [1.807, 2.05) is 36.4 Å². The van der Waals surface area contributed by atoms with Crippen molar-refractivity contribution in [2.45, 2.75) is 6.42 Å². The summed E-state index contributed by atoms with van der Waals surface area (Å²) < 4.78 is 15.9. The van der Waals surface area contributed by atoms with Gasteiger partial charge in [-0.2, -0.15) is 0 Å². The smallest absolute Gasteiger partial charge is 0.146 e. The van der Waals surface area contributed by atoms with Crippen molar-refractivity contribution in [1.29, 1.82) is 0 Å². The van der Waals surface area contributed by atoms with E-state index in [0.29, 0.717) is 17.9 Å². The summed E-state index contributed by atoms with van der Waals surface area (Å²) in [5, 5.41) is 0. The molecule has 2 N–H and O–H groups in total. The molecule has 1 aromatic heterocycles. The van der Waals surface area contributed by atoms with Crippen LogP contribution in [0.15, 0.2) is 36.4 Å². The molecular formula is C18H19N3O3. The van der Waals surface area contributed by atoms with Crippen LogP contribution in [0.25, 0.3) is 11.0 Å². The summed E-state index contributed by atoms with van der Waals surface area (Å²) in [6.07, 6.45) is 0.513. The van der Waals surface area contributed by atoms with Crippen LogP contribution in [0.4, 0.5) is 5.82 Å². The third kappa shape index (κ3) is 3.03. The van der Waals surface area contributed by atoms with E-state index in [9.17, 15) is 0 Å². The molecule has 24 heavy (non-hydrogen) atoms. The number of aromatic nitrogens is 2. The molecule has 2 aromatic carbocycles. The molecule has 0 radical (unpaired) electrons. The number of fused-ring (bicyclic) bond motifs is 1. The van der Waals surface area contributed by atoms with Crippen LogP contribution in [0.3, 0.4) is 0 Å². The second-order valence-corrected chi connectivity index (χ2v) is 5.26. The minimum Gasteiger partial charge on any atom is -0.497 e. The second-order valence-electron chi connectivity index (χ2n) is 5.26. The Morgan fingerprint density at radius 3 is 2.25 bits per heavy atom. The van der Waals surface area contributed by atoms with Crippen LogP contribution in [0.5, 0.6) is 17.2 Å². The molecule has 0 atom stereocenters. The van der Waals surface area contributed by atoms with E-state index in [1.54, 1.807) is 21.3 Å². The summed E-state index contributed by atoms with van der Waals surface area (Å²) in [4.78, 5) is 9.07. The van der Waals surface area contributed by atoms with E-state index < -0.39 is 0 Å². The highest BCUT2D eigenvalue weighted by Gasteiger charge is 2.12. The number of nitrogens with two attached hydrogens (primary N) is 1. The van der Waals surface area contributed by atoms with Gasteiger partial charge in [-0.25, -0.2) is 9.97 Å². The summed E-state index contributed by atoms with van der Waals surface area (Å²) in [5.74, 6) is 2.60. The van der Waals surface area contributed by atoms with Crippen molar-refractivity contribution in [2.75, 3.05) is 27.1 Å². The molecule has 124 valence electrons. The van der Waals surface area contributed by atoms with Gasteiger partial charge >= 0.3 is 0 Å². The third-order valence-corrected chi connectivity index (χ3v) is 3.83. The lowest BCUT2D eigenvalue weighted by Gasteiger charge is -2.12. The zero-order chi connectivity index (χ0) is 17.1. The summed E-state index contributed by atoms with van der Waals surface area (Å²) in [5.41, 5.74) is 9.21. The van der Waals surface area contributed by atoms with E-state index in [1.165, 1.54) is 0 Å². The van der Waals surface area contributed by atoms with Crippen molar-refractivity contribution < 1.29 is 14.2 Å². The van der Waals surface area contributed by atoms with Crippen LogP contribution >= 0.6 is 0 Å². The van der Waals surface area contributed by atoms with Crippen molar-refractivity contribution in [3.8, 4) is 17.2 Å². The quantitative estimate of drug-likeness (QED) is 0.777. The van der Waals surface area contributed by atoms with Gasteiger partial charge in [0.05, 0.1) is 38.1 Å². The van der Waals surface area contributed by atoms with Crippen LogP contribution < -0.4 is 19.9 Å². The Hall–Kier alpha value is -3.02. The predicted octanol–water partition coefficient (Wildman–Crippen LogP) is 2.83. The zero-order valence-electron chi connectivity index (χ0n) is 13.9. The van der Waals surface area contributed by atoms with Crippen LogP contribution in [0, 0.1) is 0 Å². The van der Waals surface area contributed by atoms with E-state index in [0.717, 1.165) is 33.8 Å². The second kappa shape index (κ2) is 6.62. The minimum absolute atomic E-state index is 0.408. The number of hydrogen-bond acceptors (Lipinski definition) is 6. The lowest BCUT2D eigenvalue weighted by atomic mass is 10.1. The standard InChI is InChI=1S/C18H19N3O3/c1-22-12-6-7-14-15(9-12)20-16(18(19)21-14)8-11-4-5-13(23-2)10-17(11)24-3/h4-7,9-10H,8H2,1-3H3,(H2,19,21). The zero-order valence-corrected chi connectivity index (χ0v) is 13.9. The maximum absolute atomic E-state index is 6.08. The van der Waals surface area contributed by atoms with E-state index in [-0.39, 0.29) is 0 Å². The molecule has 0 aliphatic heterocycles. The molecule has 1 heterocycles.